The topological polar surface area (TPSA) is 96.4 Å². The minimum Gasteiger partial charge on any atom is -0.466 e. The van der Waals surface area contributed by atoms with Gasteiger partial charge in [-0.15, -0.1) is 6.58 Å². The number of esters is 1. The first-order valence-electron chi connectivity index (χ1n) is 14.2. The third-order valence-electron chi connectivity index (χ3n) is 9.11. The van der Waals surface area contributed by atoms with Crippen LogP contribution in [0.5, 0.6) is 0 Å². The van der Waals surface area contributed by atoms with Crippen LogP contribution in [0.4, 0.5) is 0 Å². The number of rotatable bonds is 10. The van der Waals surface area contributed by atoms with Crippen molar-refractivity contribution >= 4 is 17.8 Å². The molecule has 0 aromatic carbocycles. The molecule has 3 heterocycles. The van der Waals surface area contributed by atoms with Crippen LogP contribution >= 0.6 is 0 Å². The number of ether oxygens (including phenoxy) is 2. The van der Waals surface area contributed by atoms with Crippen molar-refractivity contribution in [2.45, 2.75) is 111 Å². The van der Waals surface area contributed by atoms with E-state index in [4.69, 9.17) is 9.47 Å². The van der Waals surface area contributed by atoms with Gasteiger partial charge in [0.05, 0.1) is 30.8 Å². The maximum Gasteiger partial charge on any atom is 0.312 e. The zero-order valence-electron chi connectivity index (χ0n) is 25.2. The minimum atomic E-state index is -1.18. The number of aliphatic hydroxyl groups is 1. The van der Waals surface area contributed by atoms with E-state index in [9.17, 15) is 19.5 Å². The van der Waals surface area contributed by atoms with Gasteiger partial charge in [0, 0.05) is 12.1 Å². The zero-order chi connectivity index (χ0) is 29.0. The smallest absolute Gasteiger partial charge is 0.312 e. The molecule has 2 bridgehead atoms. The number of amides is 2. The number of hydrogen-bond donors (Lipinski definition) is 1. The Bertz CT molecular complexity index is 955. The standard InChI is InChI=1S/C30H50N2O6/c1-12-14-31(28(9,10)17-27(6,7)8)25(35)23-30-15-19(5)29(11,38-30)22(26(36)37-13-2)21(30)24(34)32(23)20(16-33)18(3)4/h12,18-23,33H,1,13-17H2,2-11H3/t19?,20-,21-,22-,23?,29+,30?/m0/s1. The van der Waals surface area contributed by atoms with E-state index in [-0.39, 0.29) is 42.3 Å². The average molecular weight is 535 g/mol. The van der Waals surface area contributed by atoms with Gasteiger partial charge in [-0.1, -0.05) is 47.6 Å². The third kappa shape index (κ3) is 4.70. The molecule has 7 atom stereocenters. The van der Waals surface area contributed by atoms with Crippen molar-refractivity contribution < 1.29 is 29.0 Å². The summed E-state index contributed by atoms with van der Waals surface area (Å²) in [6.07, 6.45) is 2.91. The largest absolute Gasteiger partial charge is 0.466 e. The molecule has 3 aliphatic rings. The lowest BCUT2D eigenvalue weighted by molar-refractivity contribution is -0.165. The first-order chi connectivity index (χ1) is 17.4. The second-order valence-corrected chi connectivity index (χ2v) is 14.0. The molecule has 8 heteroatoms. The Hall–Kier alpha value is -1.93. The van der Waals surface area contributed by atoms with Crippen LogP contribution in [0.25, 0.3) is 0 Å². The van der Waals surface area contributed by atoms with Crippen molar-refractivity contribution in [3.05, 3.63) is 12.7 Å². The molecule has 38 heavy (non-hydrogen) atoms. The molecular weight excluding hydrogens is 484 g/mol. The molecule has 3 fully saturated rings. The van der Waals surface area contributed by atoms with E-state index in [1.807, 2.05) is 46.4 Å². The summed E-state index contributed by atoms with van der Waals surface area (Å²) in [4.78, 5) is 45.9. The molecule has 0 aliphatic carbocycles. The van der Waals surface area contributed by atoms with Crippen LogP contribution in [0.1, 0.15) is 82.1 Å². The summed E-state index contributed by atoms with van der Waals surface area (Å²) in [5, 5.41) is 10.5. The Morgan fingerprint density at radius 2 is 1.89 bits per heavy atom. The van der Waals surface area contributed by atoms with Crippen LogP contribution < -0.4 is 0 Å². The Balaban J connectivity index is 2.22. The highest BCUT2D eigenvalue weighted by Gasteiger charge is 2.81. The average Bonchev–Trinajstić information content (AvgIpc) is 3.27. The molecule has 1 N–H and O–H groups in total. The second kappa shape index (κ2) is 10.2. The van der Waals surface area contributed by atoms with E-state index in [1.165, 1.54) is 0 Å². The van der Waals surface area contributed by atoms with Crippen molar-refractivity contribution in [1.29, 1.82) is 0 Å². The first-order valence-corrected chi connectivity index (χ1v) is 14.2. The van der Waals surface area contributed by atoms with Gasteiger partial charge in [0.25, 0.3) is 0 Å². The van der Waals surface area contributed by atoms with E-state index < -0.39 is 46.6 Å². The first kappa shape index (κ1) is 30.6. The number of hydrogen-bond acceptors (Lipinski definition) is 6. The highest BCUT2D eigenvalue weighted by molar-refractivity contribution is 5.99. The highest BCUT2D eigenvalue weighted by atomic mass is 16.6. The van der Waals surface area contributed by atoms with Gasteiger partial charge in [-0.25, -0.2) is 0 Å². The molecule has 2 amide bonds. The number of carbonyl (C=O) groups is 3. The van der Waals surface area contributed by atoms with Gasteiger partial charge in [-0.3, -0.25) is 14.4 Å². The van der Waals surface area contributed by atoms with E-state index in [0.29, 0.717) is 13.0 Å². The Morgan fingerprint density at radius 3 is 2.37 bits per heavy atom. The van der Waals surface area contributed by atoms with Crippen molar-refractivity contribution in [1.82, 2.24) is 9.80 Å². The summed E-state index contributed by atoms with van der Waals surface area (Å²) in [7, 11) is 0. The normalized spacial score (nSPS) is 33.5. The van der Waals surface area contributed by atoms with E-state index in [2.05, 4.69) is 27.4 Å². The predicted molar refractivity (Wildman–Crippen MR) is 146 cm³/mol. The summed E-state index contributed by atoms with van der Waals surface area (Å²) in [6.45, 7) is 24.1. The van der Waals surface area contributed by atoms with Crippen molar-refractivity contribution in [2.75, 3.05) is 19.8 Å². The number of nitrogens with zero attached hydrogens (tertiary/aromatic N) is 2. The Kier molecular flexibility index (Phi) is 8.24. The zero-order valence-corrected chi connectivity index (χ0v) is 25.2. The van der Waals surface area contributed by atoms with Gasteiger partial charge in [-0.2, -0.15) is 0 Å². The van der Waals surface area contributed by atoms with E-state index in [1.54, 1.807) is 17.9 Å². The van der Waals surface area contributed by atoms with Crippen molar-refractivity contribution in [2.24, 2.45) is 29.1 Å². The fraction of sp³-hybridized carbons (Fsp3) is 0.833. The molecule has 3 aliphatic heterocycles. The van der Waals surface area contributed by atoms with Crippen LogP contribution in [-0.2, 0) is 23.9 Å². The Labute approximate surface area is 229 Å². The van der Waals surface area contributed by atoms with Gasteiger partial charge in [-0.05, 0) is 57.8 Å². The number of fused-ring (bicyclic) bond motifs is 1. The molecule has 0 aromatic heterocycles. The summed E-state index contributed by atoms with van der Waals surface area (Å²) >= 11 is 0. The number of aliphatic hydroxyl groups excluding tert-OH is 1. The molecule has 0 radical (unpaired) electrons. The van der Waals surface area contributed by atoms with Crippen molar-refractivity contribution in [3.8, 4) is 0 Å². The lowest BCUT2D eigenvalue weighted by Gasteiger charge is -2.47. The van der Waals surface area contributed by atoms with Crippen molar-refractivity contribution in [3.63, 3.8) is 0 Å². The molecule has 3 saturated heterocycles. The second-order valence-electron chi connectivity index (χ2n) is 14.0. The molecular formula is C30H50N2O6. The van der Waals surface area contributed by atoms with E-state index >= 15 is 0 Å². The van der Waals surface area contributed by atoms with Crippen LogP contribution in [0.3, 0.4) is 0 Å². The maximum atomic E-state index is 14.8. The van der Waals surface area contributed by atoms with Crippen LogP contribution in [0, 0.1) is 29.1 Å². The molecule has 8 nitrogen and oxygen atoms in total. The maximum absolute atomic E-state index is 14.8. The van der Waals surface area contributed by atoms with Gasteiger partial charge in [0.1, 0.15) is 17.6 Å². The highest BCUT2D eigenvalue weighted by Crippen LogP contribution is 2.66. The molecule has 1 spiro atoms. The molecule has 0 aromatic rings. The van der Waals surface area contributed by atoms with Crippen LogP contribution in [0.2, 0.25) is 0 Å². The fourth-order valence-electron chi connectivity index (χ4n) is 7.83. The van der Waals surface area contributed by atoms with Gasteiger partial charge >= 0.3 is 5.97 Å². The third-order valence-corrected chi connectivity index (χ3v) is 9.11. The van der Waals surface area contributed by atoms with Gasteiger partial charge in [0.15, 0.2) is 0 Å². The molecule has 3 unspecified atom stereocenters. The lowest BCUT2D eigenvalue weighted by atomic mass is 9.62. The summed E-state index contributed by atoms with van der Waals surface area (Å²) in [6, 6.07) is -1.57. The summed E-state index contributed by atoms with van der Waals surface area (Å²) < 4.78 is 12.3. The quantitative estimate of drug-likeness (QED) is 0.338. The fourth-order valence-corrected chi connectivity index (χ4v) is 7.83. The lowest BCUT2D eigenvalue weighted by Crippen LogP contribution is -2.63. The van der Waals surface area contributed by atoms with E-state index in [0.717, 1.165) is 6.42 Å². The molecule has 216 valence electrons. The SMILES string of the molecule is C=CCN(C(=O)C1N([C@@H](CO)C(C)C)C(=O)[C@@H]2[C@@H](C(=O)OCC)[C@]3(C)OC12CC3C)C(C)(C)CC(C)(C)C. The number of likely N-dealkylation sites (tertiary alicyclic amines) is 1. The van der Waals surface area contributed by atoms with Crippen LogP contribution in [0.15, 0.2) is 12.7 Å². The van der Waals surface area contributed by atoms with Crippen LogP contribution in [-0.4, -0.2) is 81.3 Å². The summed E-state index contributed by atoms with van der Waals surface area (Å²) in [5.74, 6) is -2.85. The van der Waals surface area contributed by atoms with Gasteiger partial charge < -0.3 is 24.4 Å². The Morgan fingerprint density at radius 1 is 1.29 bits per heavy atom. The predicted octanol–water partition coefficient (Wildman–Crippen LogP) is 3.81. The summed E-state index contributed by atoms with van der Waals surface area (Å²) in [5.41, 5.74) is -2.71. The molecule has 0 saturated carbocycles. The van der Waals surface area contributed by atoms with Gasteiger partial charge in [0.2, 0.25) is 11.8 Å². The monoisotopic (exact) mass is 534 g/mol. The minimum absolute atomic E-state index is 0.0555. The number of carbonyl (C=O) groups excluding carboxylic acids is 3. The molecule has 3 rings (SSSR count).